The highest BCUT2D eigenvalue weighted by atomic mass is 19.1. The third-order valence-corrected chi connectivity index (χ3v) is 4.77. The zero-order valence-electron chi connectivity index (χ0n) is 18.9. The van der Waals surface area contributed by atoms with Crippen molar-refractivity contribution in [1.82, 2.24) is 15.1 Å². The van der Waals surface area contributed by atoms with Gasteiger partial charge in [0.1, 0.15) is 17.8 Å². The fourth-order valence-electron chi connectivity index (χ4n) is 3.08. The number of carbonyl (C=O) groups is 1. The number of benzene rings is 2. The number of hydrogen-bond acceptors (Lipinski definition) is 8. The monoisotopic (exact) mass is 467 g/mol. The van der Waals surface area contributed by atoms with Gasteiger partial charge in [0, 0.05) is 23.9 Å². The van der Waals surface area contributed by atoms with E-state index in [1.165, 1.54) is 33.4 Å². The summed E-state index contributed by atoms with van der Waals surface area (Å²) in [6, 6.07) is 10.9. The average molecular weight is 467 g/mol. The van der Waals surface area contributed by atoms with E-state index in [-0.39, 0.29) is 11.6 Å². The van der Waals surface area contributed by atoms with Crippen LogP contribution in [0.5, 0.6) is 23.1 Å². The number of nitrogens with zero attached hydrogens (tertiary/aromatic N) is 3. The summed E-state index contributed by atoms with van der Waals surface area (Å²) in [6.45, 7) is 2.68. The van der Waals surface area contributed by atoms with E-state index in [0.717, 1.165) is 0 Å². The topological polar surface area (TPSA) is 121 Å². The zero-order chi connectivity index (χ0) is 24.3. The number of rotatable bonds is 7. The molecular formula is C23H22FN5O5. The standard InChI is InChI=1S/C23H22FN5O5/c1-23(2,24)19-11-20(34-29-19)28-22(30)27-13-6-5-7-14(8-13)33-21-15-9-17(31-3)18(32-4)10-16(15)25-12-26-21/h5-12H,1-4H3,(H2,27,28,30). The Hall–Kier alpha value is -4.41. The molecule has 34 heavy (non-hydrogen) atoms. The number of nitrogens with one attached hydrogen (secondary N) is 2. The van der Waals surface area contributed by atoms with Crippen molar-refractivity contribution in [3.63, 3.8) is 0 Å². The highest BCUT2D eigenvalue weighted by Crippen LogP contribution is 2.36. The summed E-state index contributed by atoms with van der Waals surface area (Å²) in [7, 11) is 3.08. The minimum absolute atomic E-state index is 0.0162. The van der Waals surface area contributed by atoms with Crippen LogP contribution < -0.4 is 24.8 Å². The lowest BCUT2D eigenvalue weighted by molar-refractivity contribution is 0.205. The van der Waals surface area contributed by atoms with E-state index in [2.05, 4.69) is 25.8 Å². The first-order valence-electron chi connectivity index (χ1n) is 10.2. The minimum Gasteiger partial charge on any atom is -0.493 e. The summed E-state index contributed by atoms with van der Waals surface area (Å²) in [5.41, 5.74) is -0.562. The van der Waals surface area contributed by atoms with Crippen LogP contribution in [0, 0.1) is 0 Å². The van der Waals surface area contributed by atoms with Crippen LogP contribution in [0.25, 0.3) is 10.9 Å². The molecule has 2 N–H and O–H groups in total. The molecule has 0 aliphatic carbocycles. The number of hydrogen-bond donors (Lipinski definition) is 2. The lowest BCUT2D eigenvalue weighted by Gasteiger charge is -2.12. The molecule has 10 nitrogen and oxygen atoms in total. The molecule has 2 aromatic heterocycles. The molecular weight excluding hydrogens is 445 g/mol. The second-order valence-corrected chi connectivity index (χ2v) is 7.66. The maximum absolute atomic E-state index is 13.9. The van der Waals surface area contributed by atoms with E-state index in [1.54, 1.807) is 43.5 Å². The molecule has 0 spiro atoms. The summed E-state index contributed by atoms with van der Waals surface area (Å²) in [6.07, 6.45) is 1.38. The number of amides is 2. The maximum atomic E-state index is 13.9. The number of anilines is 2. The number of urea groups is 1. The number of aromatic nitrogens is 3. The van der Waals surface area contributed by atoms with Crippen molar-refractivity contribution < 1.29 is 27.9 Å². The van der Waals surface area contributed by atoms with Crippen molar-refractivity contribution in [2.75, 3.05) is 24.9 Å². The van der Waals surface area contributed by atoms with Crippen LogP contribution in [-0.2, 0) is 5.67 Å². The molecule has 0 atom stereocenters. The van der Waals surface area contributed by atoms with Crippen LogP contribution in [0.15, 0.2) is 53.3 Å². The van der Waals surface area contributed by atoms with E-state index >= 15 is 0 Å². The molecule has 11 heteroatoms. The van der Waals surface area contributed by atoms with Gasteiger partial charge in [0.15, 0.2) is 17.2 Å². The Balaban J connectivity index is 1.50. The Morgan fingerprint density at radius 2 is 1.79 bits per heavy atom. The Bertz CT molecular complexity index is 1340. The maximum Gasteiger partial charge on any atom is 0.326 e. The van der Waals surface area contributed by atoms with Gasteiger partial charge >= 0.3 is 6.03 Å². The molecule has 0 saturated carbocycles. The summed E-state index contributed by atoms with van der Waals surface area (Å²) in [5.74, 6) is 1.78. The third-order valence-electron chi connectivity index (χ3n) is 4.77. The molecule has 2 heterocycles. The molecule has 0 bridgehead atoms. The summed E-state index contributed by atoms with van der Waals surface area (Å²) < 4.78 is 35.5. The molecule has 2 aromatic carbocycles. The molecule has 2 amide bonds. The summed E-state index contributed by atoms with van der Waals surface area (Å²) in [4.78, 5) is 20.8. The molecule has 4 aromatic rings. The molecule has 0 aliphatic rings. The van der Waals surface area contributed by atoms with Crippen LogP contribution in [0.4, 0.5) is 20.8 Å². The number of carbonyl (C=O) groups excluding carboxylic acids is 1. The van der Waals surface area contributed by atoms with Crippen LogP contribution in [-0.4, -0.2) is 35.4 Å². The Morgan fingerprint density at radius 3 is 2.50 bits per heavy atom. The van der Waals surface area contributed by atoms with Crippen molar-refractivity contribution in [3.8, 4) is 23.1 Å². The molecule has 0 radical (unpaired) electrons. The van der Waals surface area contributed by atoms with Crippen molar-refractivity contribution in [1.29, 1.82) is 0 Å². The van der Waals surface area contributed by atoms with Gasteiger partial charge in [-0.2, -0.15) is 0 Å². The predicted octanol–water partition coefficient (Wildman–Crippen LogP) is 5.28. The first kappa shape index (κ1) is 22.8. The van der Waals surface area contributed by atoms with Crippen LogP contribution in [0.3, 0.4) is 0 Å². The normalized spacial score (nSPS) is 11.2. The molecule has 4 rings (SSSR count). The van der Waals surface area contributed by atoms with E-state index in [1.807, 2.05) is 0 Å². The van der Waals surface area contributed by atoms with Gasteiger partial charge in [0.05, 0.1) is 25.1 Å². The molecule has 176 valence electrons. The van der Waals surface area contributed by atoms with E-state index in [4.69, 9.17) is 18.7 Å². The van der Waals surface area contributed by atoms with Gasteiger partial charge in [-0.15, -0.1) is 0 Å². The quantitative estimate of drug-likeness (QED) is 0.377. The highest BCUT2D eigenvalue weighted by molar-refractivity contribution is 5.99. The SMILES string of the molecule is COc1cc2ncnc(Oc3cccc(NC(=O)Nc4cc(C(C)(C)F)no4)c3)c2cc1OC. The van der Waals surface area contributed by atoms with Gasteiger partial charge in [-0.25, -0.2) is 19.2 Å². The Labute approximate surface area is 194 Å². The van der Waals surface area contributed by atoms with Crippen molar-refractivity contribution in [2.45, 2.75) is 19.5 Å². The van der Waals surface area contributed by atoms with Gasteiger partial charge in [-0.3, -0.25) is 5.32 Å². The molecule has 0 fully saturated rings. The number of methoxy groups -OCH3 is 2. The fraction of sp³-hybridized carbons (Fsp3) is 0.217. The average Bonchev–Trinajstić information content (AvgIpc) is 3.27. The second-order valence-electron chi connectivity index (χ2n) is 7.66. The Kier molecular flexibility index (Phi) is 6.17. The smallest absolute Gasteiger partial charge is 0.326 e. The lowest BCUT2D eigenvalue weighted by Crippen LogP contribution is -2.19. The van der Waals surface area contributed by atoms with Crippen LogP contribution in [0.1, 0.15) is 19.5 Å². The van der Waals surface area contributed by atoms with Crippen molar-refractivity contribution >= 4 is 28.5 Å². The van der Waals surface area contributed by atoms with Gasteiger partial charge < -0.3 is 24.1 Å². The molecule has 0 unspecified atom stereocenters. The van der Waals surface area contributed by atoms with Gasteiger partial charge in [0.25, 0.3) is 0 Å². The summed E-state index contributed by atoms with van der Waals surface area (Å²) >= 11 is 0. The zero-order valence-corrected chi connectivity index (χ0v) is 18.9. The van der Waals surface area contributed by atoms with Crippen molar-refractivity contribution in [2.24, 2.45) is 0 Å². The highest BCUT2D eigenvalue weighted by Gasteiger charge is 2.24. The lowest BCUT2D eigenvalue weighted by atomic mass is 10.1. The fourth-order valence-corrected chi connectivity index (χ4v) is 3.08. The van der Waals surface area contributed by atoms with E-state index < -0.39 is 11.7 Å². The number of ether oxygens (including phenoxy) is 3. The second kappa shape index (κ2) is 9.22. The predicted molar refractivity (Wildman–Crippen MR) is 122 cm³/mol. The van der Waals surface area contributed by atoms with E-state index in [9.17, 15) is 9.18 Å². The number of fused-ring (bicyclic) bond motifs is 1. The van der Waals surface area contributed by atoms with Gasteiger partial charge in [0.2, 0.25) is 11.8 Å². The first-order chi connectivity index (χ1) is 16.3. The van der Waals surface area contributed by atoms with Gasteiger partial charge in [-0.05, 0) is 32.0 Å². The molecule has 0 aliphatic heterocycles. The van der Waals surface area contributed by atoms with Crippen LogP contribution >= 0.6 is 0 Å². The van der Waals surface area contributed by atoms with Crippen LogP contribution in [0.2, 0.25) is 0 Å². The van der Waals surface area contributed by atoms with Gasteiger partial charge in [-0.1, -0.05) is 11.2 Å². The Morgan fingerprint density at radius 1 is 1.03 bits per heavy atom. The largest absolute Gasteiger partial charge is 0.493 e. The number of halogens is 1. The minimum atomic E-state index is -1.69. The van der Waals surface area contributed by atoms with E-state index in [0.29, 0.717) is 39.7 Å². The molecule has 0 saturated heterocycles. The first-order valence-corrected chi connectivity index (χ1v) is 10.2. The number of alkyl halides is 1. The summed E-state index contributed by atoms with van der Waals surface area (Å²) in [5, 5.41) is 9.35. The van der Waals surface area contributed by atoms with Crippen molar-refractivity contribution in [3.05, 3.63) is 54.5 Å². The third kappa shape index (κ3) is 4.98.